The van der Waals surface area contributed by atoms with Gasteiger partial charge in [0.1, 0.15) is 6.04 Å². The van der Waals surface area contributed by atoms with Crippen LogP contribution in [0.1, 0.15) is 99.9 Å². The van der Waals surface area contributed by atoms with Crippen LogP contribution in [0.15, 0.2) is 35.1 Å². The second kappa shape index (κ2) is 21.8. The lowest BCUT2D eigenvalue weighted by atomic mass is 9.88. The molecular formula is C33H58N4O5S. The monoisotopic (exact) mass is 622 g/mol. The van der Waals surface area contributed by atoms with Crippen LogP contribution in [0.4, 0.5) is 0 Å². The number of nitrogens with one attached hydrogen (secondary N) is 2. The van der Waals surface area contributed by atoms with Crippen molar-refractivity contribution in [3.63, 3.8) is 0 Å². The maximum absolute atomic E-state index is 12.4. The largest absolute Gasteiger partial charge is 0.443 e. The van der Waals surface area contributed by atoms with Crippen LogP contribution in [0.25, 0.3) is 11.3 Å². The minimum Gasteiger partial charge on any atom is -0.443 e. The molecule has 1 aliphatic heterocycles. The Morgan fingerprint density at radius 3 is 2.00 bits per heavy atom. The zero-order valence-electron chi connectivity index (χ0n) is 28.7. The van der Waals surface area contributed by atoms with Gasteiger partial charge in [-0.25, -0.2) is 4.98 Å². The molecule has 1 aromatic carbocycles. The third-order valence-corrected chi connectivity index (χ3v) is 6.71. The Kier molecular flexibility index (Phi) is 21.4. The molecule has 1 aromatic heterocycles. The topological polar surface area (TPSA) is 125 Å². The molecular weight excluding hydrogens is 564 g/mol. The Morgan fingerprint density at radius 1 is 1.05 bits per heavy atom. The summed E-state index contributed by atoms with van der Waals surface area (Å²) in [4.78, 5) is 40.1. The molecule has 4 atom stereocenters. The Labute approximate surface area is 266 Å². The number of rotatable bonds is 7. The van der Waals surface area contributed by atoms with E-state index < -0.39 is 12.1 Å². The standard InChI is InChI=1S/C18H21N3O4.C10H21NO.2C2H6.CH4S/c1-11(20-18(24)16-7-15(23)8-21(16)10-22)13-3-5-14(6-4-13)17-12(2)19-9-25-17;1-7(2)9(12)11-8(3)10(4,5)6;3*1-2/h3-6,9-11,15-16,23H,7-8H2,1-2H3,(H,20,24);7-8H,1-6H3,(H,11,12);2*1-2H3;2H,1H3. The smallest absolute Gasteiger partial charge is 0.243 e. The number of aryl methyl sites for hydroxylation is 1. The fourth-order valence-electron chi connectivity index (χ4n) is 3.70. The highest BCUT2D eigenvalue weighted by Gasteiger charge is 2.35. The number of aliphatic hydroxyl groups is 1. The molecule has 1 aliphatic rings. The van der Waals surface area contributed by atoms with E-state index in [4.69, 9.17) is 4.42 Å². The summed E-state index contributed by atoms with van der Waals surface area (Å²) in [5, 5.41) is 15.5. The number of oxazole rings is 1. The summed E-state index contributed by atoms with van der Waals surface area (Å²) < 4.78 is 5.37. The summed E-state index contributed by atoms with van der Waals surface area (Å²) in [6.07, 6.45) is 3.33. The molecule has 246 valence electrons. The molecule has 43 heavy (non-hydrogen) atoms. The molecule has 0 saturated carbocycles. The number of hydrogen-bond acceptors (Lipinski definition) is 7. The number of aromatic nitrogens is 1. The van der Waals surface area contributed by atoms with E-state index >= 15 is 0 Å². The maximum Gasteiger partial charge on any atom is 0.243 e. The van der Waals surface area contributed by atoms with Gasteiger partial charge in [0.2, 0.25) is 18.2 Å². The molecule has 0 aliphatic carbocycles. The van der Waals surface area contributed by atoms with Gasteiger partial charge in [-0.2, -0.15) is 12.6 Å². The lowest BCUT2D eigenvalue weighted by molar-refractivity contribution is -0.131. The van der Waals surface area contributed by atoms with E-state index in [1.165, 1.54) is 11.3 Å². The Bertz CT molecular complexity index is 1050. The van der Waals surface area contributed by atoms with Crippen LogP contribution >= 0.6 is 12.6 Å². The van der Waals surface area contributed by atoms with Gasteiger partial charge in [-0.15, -0.1) is 0 Å². The van der Waals surface area contributed by atoms with Crippen molar-refractivity contribution in [1.82, 2.24) is 20.5 Å². The summed E-state index contributed by atoms with van der Waals surface area (Å²) >= 11 is 3.53. The molecule has 2 heterocycles. The van der Waals surface area contributed by atoms with Crippen molar-refractivity contribution >= 4 is 30.9 Å². The van der Waals surface area contributed by atoms with Crippen molar-refractivity contribution in [2.75, 3.05) is 12.8 Å². The second-order valence-electron chi connectivity index (χ2n) is 11.1. The van der Waals surface area contributed by atoms with E-state index in [1.54, 1.807) is 6.26 Å². The van der Waals surface area contributed by atoms with E-state index in [0.29, 0.717) is 6.41 Å². The molecule has 1 fully saturated rings. The number of benzene rings is 1. The minimum atomic E-state index is -0.652. The molecule has 3 amide bonds. The Hall–Kier alpha value is -2.85. The van der Waals surface area contributed by atoms with Crippen LogP contribution in [-0.4, -0.2) is 64.2 Å². The lowest BCUT2D eigenvalue weighted by Gasteiger charge is -2.28. The van der Waals surface area contributed by atoms with Crippen molar-refractivity contribution in [1.29, 1.82) is 0 Å². The average Bonchev–Trinajstić information content (AvgIpc) is 3.60. The summed E-state index contributed by atoms with van der Waals surface area (Å²) in [7, 11) is 0. The molecule has 10 heteroatoms. The first-order valence-corrected chi connectivity index (χ1v) is 16.1. The zero-order chi connectivity index (χ0) is 33.9. The second-order valence-corrected chi connectivity index (χ2v) is 11.1. The Morgan fingerprint density at radius 2 is 1.58 bits per heavy atom. The molecule has 4 unspecified atom stereocenters. The number of β-amino-alcohol motifs (C(OH)–C–C–N with tert-alkyl or cyclic N) is 1. The van der Waals surface area contributed by atoms with Crippen molar-refractivity contribution in [3.05, 3.63) is 41.9 Å². The highest BCUT2D eigenvalue weighted by molar-refractivity contribution is 7.79. The molecule has 2 aromatic rings. The minimum absolute atomic E-state index is 0.0785. The van der Waals surface area contributed by atoms with Crippen LogP contribution in [0, 0.1) is 18.3 Å². The third kappa shape index (κ3) is 14.4. The normalized spacial score (nSPS) is 16.8. The summed E-state index contributed by atoms with van der Waals surface area (Å²) in [6, 6.07) is 7.07. The molecule has 9 nitrogen and oxygen atoms in total. The molecule has 0 bridgehead atoms. The van der Waals surface area contributed by atoms with Gasteiger partial charge in [0.15, 0.2) is 12.2 Å². The highest BCUT2D eigenvalue weighted by atomic mass is 32.1. The first-order chi connectivity index (χ1) is 20.2. The number of nitrogens with zero attached hydrogens (tertiary/aromatic N) is 2. The van der Waals surface area contributed by atoms with Gasteiger partial charge in [0, 0.05) is 30.5 Å². The predicted octanol–water partition coefficient (Wildman–Crippen LogP) is 6.21. The van der Waals surface area contributed by atoms with Gasteiger partial charge < -0.3 is 25.1 Å². The number of thiol groups is 1. The quantitative estimate of drug-likeness (QED) is 0.215. The van der Waals surface area contributed by atoms with Crippen LogP contribution in [-0.2, 0) is 14.4 Å². The lowest BCUT2D eigenvalue weighted by Crippen LogP contribution is -2.43. The van der Waals surface area contributed by atoms with Crippen molar-refractivity contribution in [2.45, 2.75) is 114 Å². The highest BCUT2D eigenvalue weighted by Crippen LogP contribution is 2.25. The van der Waals surface area contributed by atoms with E-state index in [0.717, 1.165) is 22.6 Å². The van der Waals surface area contributed by atoms with Gasteiger partial charge in [0.25, 0.3) is 0 Å². The zero-order valence-corrected chi connectivity index (χ0v) is 29.6. The SMILES string of the molecule is CC.CC.CC(C)C(=O)NC(C)C(C)(C)C.CS.Cc1ncoc1-c1ccc(C(C)NC(=O)C2CC(O)CN2C=O)cc1. The number of carbonyl (C=O) groups is 3. The first-order valence-electron chi connectivity index (χ1n) is 15.2. The third-order valence-electron chi connectivity index (χ3n) is 6.71. The molecule has 3 N–H and O–H groups in total. The predicted molar refractivity (Wildman–Crippen MR) is 180 cm³/mol. The van der Waals surface area contributed by atoms with Gasteiger partial charge in [-0.05, 0) is 38.0 Å². The summed E-state index contributed by atoms with van der Waals surface area (Å²) in [5.74, 6) is 0.684. The number of hydrogen-bond donors (Lipinski definition) is 4. The number of aliphatic hydroxyl groups excluding tert-OH is 1. The van der Waals surface area contributed by atoms with Crippen molar-refractivity contribution in [3.8, 4) is 11.3 Å². The molecule has 3 rings (SSSR count). The van der Waals surface area contributed by atoms with Gasteiger partial charge in [-0.1, -0.05) is 86.6 Å². The fourth-order valence-corrected chi connectivity index (χ4v) is 3.70. The van der Waals surface area contributed by atoms with Crippen LogP contribution in [0.2, 0.25) is 0 Å². The van der Waals surface area contributed by atoms with E-state index in [1.807, 2.05) is 86.6 Å². The van der Waals surface area contributed by atoms with Crippen molar-refractivity contribution < 1.29 is 23.9 Å². The van der Waals surface area contributed by atoms with Gasteiger partial charge >= 0.3 is 0 Å². The van der Waals surface area contributed by atoms with Gasteiger partial charge in [0.05, 0.1) is 17.8 Å². The van der Waals surface area contributed by atoms with Crippen molar-refractivity contribution in [2.24, 2.45) is 11.3 Å². The molecule has 0 spiro atoms. The molecule has 1 saturated heterocycles. The van der Waals surface area contributed by atoms with E-state index in [9.17, 15) is 19.5 Å². The summed E-state index contributed by atoms with van der Waals surface area (Å²) in [6.45, 7) is 24.2. The van der Waals surface area contributed by atoms with Crippen LogP contribution in [0.5, 0.6) is 0 Å². The van der Waals surface area contributed by atoms with Crippen LogP contribution in [0.3, 0.4) is 0 Å². The van der Waals surface area contributed by atoms with Crippen LogP contribution < -0.4 is 10.6 Å². The molecule has 0 radical (unpaired) electrons. The first kappa shape index (κ1) is 42.3. The Balaban J connectivity index is 0. The van der Waals surface area contributed by atoms with Gasteiger partial charge in [-0.3, -0.25) is 14.4 Å². The average molecular weight is 623 g/mol. The van der Waals surface area contributed by atoms with E-state index in [-0.39, 0.29) is 48.2 Å². The number of carbonyl (C=O) groups excluding carboxylic acids is 3. The fraction of sp³-hybridized carbons (Fsp3) is 0.636. The number of amides is 3. The maximum atomic E-state index is 12.4. The van der Waals surface area contributed by atoms with E-state index in [2.05, 4.69) is 49.0 Å². The number of likely N-dealkylation sites (tertiary alicyclic amines) is 1. The summed E-state index contributed by atoms with van der Waals surface area (Å²) in [5.41, 5.74) is 2.82.